The first-order valence-corrected chi connectivity index (χ1v) is 11.5. The lowest BCUT2D eigenvalue weighted by Crippen LogP contribution is -2.23. The number of carbonyl (C=O) groups excluding carboxylic acids is 1. The molecular weight excluding hydrogens is 466 g/mol. The normalized spacial score (nSPS) is 11.2. The van der Waals surface area contributed by atoms with E-state index in [1.165, 1.54) is 54.6 Å². The number of sulfone groups is 1. The van der Waals surface area contributed by atoms with Crippen molar-refractivity contribution in [2.45, 2.75) is 11.4 Å². The van der Waals surface area contributed by atoms with Crippen LogP contribution in [0.4, 0.5) is 10.1 Å². The van der Waals surface area contributed by atoms with Crippen LogP contribution in [0.5, 0.6) is 11.5 Å². The fourth-order valence-electron chi connectivity index (χ4n) is 2.70. The first-order chi connectivity index (χ1) is 14.5. The third-order valence-corrected chi connectivity index (χ3v) is 5.87. The van der Waals surface area contributed by atoms with Crippen LogP contribution in [-0.4, -0.2) is 20.6 Å². The third kappa shape index (κ3) is 5.66. The van der Waals surface area contributed by atoms with Gasteiger partial charge >= 0.3 is 0 Å². The van der Waals surface area contributed by atoms with Crippen LogP contribution >= 0.6 is 23.2 Å². The fraction of sp³-hybridized carbons (Fsp3) is 0.0952. The Kier molecular flexibility index (Phi) is 6.74. The van der Waals surface area contributed by atoms with Crippen LogP contribution < -0.4 is 15.8 Å². The van der Waals surface area contributed by atoms with Gasteiger partial charge in [0.05, 0.1) is 9.92 Å². The van der Waals surface area contributed by atoms with Crippen molar-refractivity contribution in [1.82, 2.24) is 5.32 Å². The van der Waals surface area contributed by atoms with Crippen molar-refractivity contribution >= 4 is 44.6 Å². The van der Waals surface area contributed by atoms with Gasteiger partial charge in [-0.3, -0.25) is 4.79 Å². The Bertz CT molecular complexity index is 1230. The quantitative estimate of drug-likeness (QED) is 0.489. The second-order valence-electron chi connectivity index (χ2n) is 6.65. The smallest absolute Gasteiger partial charge is 0.251 e. The molecule has 0 fully saturated rings. The van der Waals surface area contributed by atoms with Gasteiger partial charge in [0, 0.05) is 40.7 Å². The number of carbonyl (C=O) groups is 1. The van der Waals surface area contributed by atoms with Crippen LogP contribution in [-0.2, 0) is 16.4 Å². The molecule has 0 saturated carbocycles. The van der Waals surface area contributed by atoms with Gasteiger partial charge in [-0.15, -0.1) is 0 Å². The first-order valence-electron chi connectivity index (χ1n) is 8.83. The van der Waals surface area contributed by atoms with Gasteiger partial charge in [0.2, 0.25) is 0 Å². The fourth-order valence-corrected chi connectivity index (χ4v) is 3.74. The van der Waals surface area contributed by atoms with Crippen LogP contribution in [0.1, 0.15) is 15.9 Å². The van der Waals surface area contributed by atoms with Crippen LogP contribution in [0.15, 0.2) is 59.5 Å². The summed E-state index contributed by atoms with van der Waals surface area (Å²) >= 11 is 12.0. The lowest BCUT2D eigenvalue weighted by Gasteiger charge is -2.13. The van der Waals surface area contributed by atoms with Crippen molar-refractivity contribution in [2.24, 2.45) is 0 Å². The van der Waals surface area contributed by atoms with Crippen LogP contribution in [0, 0.1) is 5.82 Å². The Labute approximate surface area is 188 Å². The monoisotopic (exact) mass is 482 g/mol. The van der Waals surface area contributed by atoms with E-state index in [9.17, 15) is 17.6 Å². The summed E-state index contributed by atoms with van der Waals surface area (Å²) in [5.74, 6) is -1.27. The van der Waals surface area contributed by atoms with E-state index in [0.29, 0.717) is 10.7 Å². The van der Waals surface area contributed by atoms with Crippen LogP contribution in [0.3, 0.4) is 0 Å². The molecule has 0 radical (unpaired) electrons. The number of anilines is 1. The molecule has 0 aliphatic carbocycles. The summed E-state index contributed by atoms with van der Waals surface area (Å²) in [6.07, 6.45) is 1.07. The SMILES string of the molecule is CS(=O)(=O)c1ccc(C(=O)NCc2ccc(Cl)c(Oc3cc(N)cc(Cl)c3)c2F)cc1. The number of hydrogen-bond acceptors (Lipinski definition) is 5. The van der Waals surface area contributed by atoms with E-state index in [4.69, 9.17) is 33.7 Å². The first kappa shape index (κ1) is 22.9. The lowest BCUT2D eigenvalue weighted by molar-refractivity contribution is 0.0950. The molecule has 0 unspecified atom stereocenters. The summed E-state index contributed by atoms with van der Waals surface area (Å²) in [5, 5.41) is 2.92. The maximum Gasteiger partial charge on any atom is 0.251 e. The second kappa shape index (κ2) is 9.13. The largest absolute Gasteiger partial charge is 0.453 e. The van der Waals surface area contributed by atoms with Crippen molar-refractivity contribution in [2.75, 3.05) is 12.0 Å². The lowest BCUT2D eigenvalue weighted by atomic mass is 10.1. The molecule has 0 saturated heterocycles. The van der Waals surface area contributed by atoms with Crippen molar-refractivity contribution in [3.63, 3.8) is 0 Å². The van der Waals surface area contributed by atoms with Crippen LogP contribution in [0.2, 0.25) is 10.0 Å². The zero-order valence-electron chi connectivity index (χ0n) is 16.2. The zero-order valence-corrected chi connectivity index (χ0v) is 18.5. The Morgan fingerprint density at radius 3 is 2.39 bits per heavy atom. The van der Waals surface area contributed by atoms with E-state index in [0.717, 1.165) is 6.26 Å². The van der Waals surface area contributed by atoms with E-state index >= 15 is 0 Å². The molecule has 0 spiro atoms. The van der Waals surface area contributed by atoms with E-state index in [1.807, 2.05) is 0 Å². The van der Waals surface area contributed by atoms with Crippen molar-refractivity contribution < 1.29 is 22.3 Å². The molecular formula is C21H17Cl2FN2O4S. The molecule has 0 atom stereocenters. The number of nitrogen functional groups attached to an aromatic ring is 1. The average Bonchev–Trinajstić information content (AvgIpc) is 2.69. The molecule has 3 rings (SSSR count). The molecule has 10 heteroatoms. The Morgan fingerprint density at radius 1 is 1.10 bits per heavy atom. The number of halogens is 3. The van der Waals surface area contributed by atoms with Gasteiger partial charge in [-0.2, -0.15) is 0 Å². The number of ether oxygens (including phenoxy) is 1. The third-order valence-electron chi connectivity index (χ3n) is 4.23. The van der Waals surface area contributed by atoms with Gasteiger partial charge in [0.1, 0.15) is 5.75 Å². The van der Waals surface area contributed by atoms with E-state index < -0.39 is 21.6 Å². The maximum absolute atomic E-state index is 15.0. The highest BCUT2D eigenvalue weighted by molar-refractivity contribution is 7.90. The highest BCUT2D eigenvalue weighted by atomic mass is 35.5. The minimum absolute atomic E-state index is 0.0301. The molecule has 1 amide bonds. The molecule has 0 heterocycles. The number of rotatable bonds is 6. The summed E-state index contributed by atoms with van der Waals surface area (Å²) in [6.45, 7) is -0.149. The summed E-state index contributed by atoms with van der Waals surface area (Å²) < 4.78 is 43.5. The molecule has 6 nitrogen and oxygen atoms in total. The van der Waals surface area contributed by atoms with Crippen molar-refractivity contribution in [1.29, 1.82) is 0 Å². The molecule has 0 bridgehead atoms. The van der Waals surface area contributed by atoms with E-state index in [2.05, 4.69) is 5.32 Å². The Balaban J connectivity index is 1.76. The second-order valence-corrected chi connectivity index (χ2v) is 9.51. The minimum atomic E-state index is -3.37. The molecule has 3 N–H and O–H groups in total. The summed E-state index contributed by atoms with van der Waals surface area (Å²) in [4.78, 5) is 12.4. The summed E-state index contributed by atoms with van der Waals surface area (Å²) in [6, 6.07) is 12.7. The minimum Gasteiger partial charge on any atom is -0.453 e. The van der Waals surface area contributed by atoms with Gasteiger partial charge < -0.3 is 15.8 Å². The molecule has 0 aliphatic rings. The van der Waals surface area contributed by atoms with Gasteiger partial charge in [-0.05, 0) is 42.5 Å². The standard InChI is InChI=1S/C21H17Cl2FN2O4S/c1-31(28,29)17-5-2-12(3-6-17)21(27)26-11-13-4-7-18(23)20(19(13)24)30-16-9-14(22)8-15(25)10-16/h2-10H,11,25H2,1H3,(H,26,27). The van der Waals surface area contributed by atoms with Gasteiger partial charge in [0.15, 0.2) is 21.4 Å². The highest BCUT2D eigenvalue weighted by Crippen LogP contribution is 2.35. The van der Waals surface area contributed by atoms with E-state index in [1.54, 1.807) is 0 Å². The molecule has 31 heavy (non-hydrogen) atoms. The highest BCUT2D eigenvalue weighted by Gasteiger charge is 2.17. The molecule has 0 aliphatic heterocycles. The molecule has 0 aromatic heterocycles. The maximum atomic E-state index is 15.0. The predicted octanol–water partition coefficient (Wildman–Crippen LogP) is 4.84. The van der Waals surface area contributed by atoms with Gasteiger partial charge in [-0.25, -0.2) is 12.8 Å². The number of benzene rings is 3. The van der Waals surface area contributed by atoms with Gasteiger partial charge in [-0.1, -0.05) is 29.3 Å². The summed E-state index contributed by atoms with van der Waals surface area (Å²) in [5.41, 5.74) is 6.42. The number of nitrogens with two attached hydrogens (primary N) is 1. The number of hydrogen-bond donors (Lipinski definition) is 2. The van der Waals surface area contributed by atoms with Gasteiger partial charge in [0.25, 0.3) is 5.91 Å². The molecule has 162 valence electrons. The summed E-state index contributed by atoms with van der Waals surface area (Å²) in [7, 11) is -3.37. The van der Waals surface area contributed by atoms with Crippen LogP contribution in [0.25, 0.3) is 0 Å². The Hall–Kier alpha value is -2.81. The number of nitrogens with one attached hydrogen (secondary N) is 1. The van der Waals surface area contributed by atoms with Crippen molar-refractivity contribution in [3.05, 3.63) is 81.6 Å². The molecule has 3 aromatic rings. The van der Waals surface area contributed by atoms with Crippen molar-refractivity contribution in [3.8, 4) is 11.5 Å². The Morgan fingerprint density at radius 2 is 1.77 bits per heavy atom. The number of amides is 1. The predicted molar refractivity (Wildman–Crippen MR) is 118 cm³/mol. The van der Waals surface area contributed by atoms with E-state index in [-0.39, 0.29) is 39.1 Å². The average molecular weight is 483 g/mol. The topological polar surface area (TPSA) is 98.5 Å². The zero-order chi connectivity index (χ0) is 22.8. The molecule has 3 aromatic carbocycles.